The molecule has 0 aromatic carbocycles. The van der Waals surface area contributed by atoms with E-state index in [1.807, 2.05) is 11.8 Å². The molecule has 0 unspecified atom stereocenters. The predicted molar refractivity (Wildman–Crippen MR) is 91.5 cm³/mol. The molecule has 6 nitrogen and oxygen atoms in total. The Hall–Kier alpha value is -1.40. The number of hydrogen-bond acceptors (Lipinski definition) is 5. The van der Waals surface area contributed by atoms with Gasteiger partial charge >= 0.3 is 0 Å². The number of likely N-dealkylation sites (tertiary alicyclic amines) is 1. The number of rotatable bonds is 5. The van der Waals surface area contributed by atoms with Gasteiger partial charge in [-0.05, 0) is 51.4 Å². The number of carbonyl (C=O) groups is 1. The predicted octanol–water partition coefficient (Wildman–Crippen LogP) is 2.87. The summed E-state index contributed by atoms with van der Waals surface area (Å²) < 4.78 is 17.7. The van der Waals surface area contributed by atoms with E-state index in [0.717, 1.165) is 38.2 Å². The lowest BCUT2D eigenvalue weighted by Crippen LogP contribution is -2.53. The Morgan fingerprint density at radius 1 is 1.32 bits per heavy atom. The molecule has 0 bridgehead atoms. The molecule has 3 fully saturated rings. The smallest absolute Gasteiger partial charge is 0.291 e. The number of carbonyl (C=O) groups excluding carboxylic acids is 1. The highest BCUT2D eigenvalue weighted by Crippen LogP contribution is 2.44. The zero-order valence-corrected chi connectivity index (χ0v) is 15.4. The van der Waals surface area contributed by atoms with Crippen LogP contribution in [0.2, 0.25) is 0 Å². The Kier molecular flexibility index (Phi) is 4.36. The van der Waals surface area contributed by atoms with Crippen LogP contribution in [0.3, 0.4) is 0 Å². The van der Waals surface area contributed by atoms with Crippen molar-refractivity contribution in [3.8, 4) is 0 Å². The molecule has 1 aromatic rings. The minimum Gasteiger partial charge on any atom is -0.436 e. The summed E-state index contributed by atoms with van der Waals surface area (Å²) in [5.74, 6) is 1.60. The van der Waals surface area contributed by atoms with E-state index in [9.17, 15) is 4.79 Å². The Labute approximate surface area is 148 Å². The number of ether oxygens (including phenoxy) is 2. The molecule has 2 heterocycles. The van der Waals surface area contributed by atoms with Crippen LogP contribution in [0.5, 0.6) is 0 Å². The first-order chi connectivity index (χ1) is 12.0. The van der Waals surface area contributed by atoms with Crippen molar-refractivity contribution in [3.05, 3.63) is 17.3 Å². The van der Waals surface area contributed by atoms with Crippen molar-refractivity contribution in [2.24, 2.45) is 5.92 Å². The van der Waals surface area contributed by atoms with Gasteiger partial charge < -0.3 is 18.8 Å². The quantitative estimate of drug-likeness (QED) is 0.819. The summed E-state index contributed by atoms with van der Waals surface area (Å²) in [4.78, 5) is 19.3. The normalized spacial score (nSPS) is 32.0. The zero-order valence-electron chi connectivity index (χ0n) is 15.4. The van der Waals surface area contributed by atoms with Crippen LogP contribution in [0.1, 0.15) is 60.7 Å². The summed E-state index contributed by atoms with van der Waals surface area (Å²) >= 11 is 0. The van der Waals surface area contributed by atoms with Gasteiger partial charge in [-0.15, -0.1) is 0 Å². The van der Waals surface area contributed by atoms with Crippen molar-refractivity contribution < 1.29 is 18.7 Å². The molecule has 3 aliphatic rings. The third kappa shape index (κ3) is 3.10. The van der Waals surface area contributed by atoms with Crippen molar-refractivity contribution in [3.63, 3.8) is 0 Å². The lowest BCUT2D eigenvalue weighted by atomic mass is 9.79. The second-order valence-electron chi connectivity index (χ2n) is 7.85. The Balaban J connectivity index is 1.51. The van der Waals surface area contributed by atoms with E-state index in [1.54, 1.807) is 14.0 Å². The number of amides is 1. The van der Waals surface area contributed by atoms with Gasteiger partial charge in [0.15, 0.2) is 5.89 Å². The Morgan fingerprint density at radius 3 is 2.76 bits per heavy atom. The fourth-order valence-corrected chi connectivity index (χ4v) is 4.47. The maximum absolute atomic E-state index is 13.1. The van der Waals surface area contributed by atoms with E-state index >= 15 is 0 Å². The van der Waals surface area contributed by atoms with Crippen LogP contribution in [-0.2, 0) is 9.47 Å². The minimum atomic E-state index is -0.238. The second-order valence-corrected chi connectivity index (χ2v) is 7.85. The Bertz CT molecular complexity index is 654. The van der Waals surface area contributed by atoms with E-state index in [0.29, 0.717) is 23.9 Å². The summed E-state index contributed by atoms with van der Waals surface area (Å²) in [6, 6.07) is 0.0489. The molecule has 1 amide bonds. The summed E-state index contributed by atoms with van der Waals surface area (Å²) in [6.45, 7) is 5.17. The first kappa shape index (κ1) is 17.0. The van der Waals surface area contributed by atoms with Gasteiger partial charge in [0.1, 0.15) is 0 Å². The molecule has 25 heavy (non-hydrogen) atoms. The van der Waals surface area contributed by atoms with Gasteiger partial charge in [-0.3, -0.25) is 4.79 Å². The lowest BCUT2D eigenvalue weighted by molar-refractivity contribution is -0.0979. The molecular formula is C19H28N2O4. The molecular weight excluding hydrogens is 320 g/mol. The molecule has 0 radical (unpaired) electrons. The van der Waals surface area contributed by atoms with Crippen molar-refractivity contribution in [1.82, 2.24) is 9.88 Å². The number of nitrogens with zero attached hydrogens (tertiary/aromatic N) is 2. The standard InChI is InChI=1S/C19H28N2O4/c1-12-17(25-13(2)20-12)18(22)21-9-8-19(23-3)7-6-15(10-16(19)21)24-11-14-4-5-14/h14-16H,4-11H2,1-3H3/t15-,16-,19+/m0/s1. The van der Waals surface area contributed by atoms with Gasteiger partial charge in [-0.25, -0.2) is 4.98 Å². The third-order valence-corrected chi connectivity index (χ3v) is 6.16. The minimum absolute atomic E-state index is 0.0489. The molecule has 1 saturated heterocycles. The average molecular weight is 348 g/mol. The first-order valence-electron chi connectivity index (χ1n) is 9.44. The molecule has 2 aliphatic carbocycles. The highest BCUT2D eigenvalue weighted by molar-refractivity contribution is 5.93. The molecule has 138 valence electrons. The van der Waals surface area contributed by atoms with Crippen LogP contribution >= 0.6 is 0 Å². The molecule has 1 aliphatic heterocycles. The van der Waals surface area contributed by atoms with Gasteiger partial charge in [-0.1, -0.05) is 0 Å². The van der Waals surface area contributed by atoms with Crippen LogP contribution in [0.25, 0.3) is 0 Å². The molecule has 0 N–H and O–H groups in total. The van der Waals surface area contributed by atoms with E-state index in [4.69, 9.17) is 13.9 Å². The monoisotopic (exact) mass is 348 g/mol. The first-order valence-corrected chi connectivity index (χ1v) is 9.44. The Morgan fingerprint density at radius 2 is 2.12 bits per heavy atom. The van der Waals surface area contributed by atoms with Crippen LogP contribution in [-0.4, -0.2) is 53.8 Å². The maximum atomic E-state index is 13.1. The lowest BCUT2D eigenvalue weighted by Gasteiger charge is -2.43. The summed E-state index contributed by atoms with van der Waals surface area (Å²) in [5, 5.41) is 0. The van der Waals surface area contributed by atoms with Gasteiger partial charge in [0.2, 0.25) is 5.76 Å². The van der Waals surface area contributed by atoms with E-state index in [2.05, 4.69) is 4.98 Å². The van der Waals surface area contributed by atoms with Crippen molar-refractivity contribution in [2.75, 3.05) is 20.3 Å². The molecule has 2 saturated carbocycles. The number of aryl methyl sites for hydroxylation is 2. The second kappa shape index (κ2) is 6.40. The molecule has 3 atom stereocenters. The van der Waals surface area contributed by atoms with E-state index < -0.39 is 0 Å². The van der Waals surface area contributed by atoms with Gasteiger partial charge in [0.05, 0.1) is 23.4 Å². The van der Waals surface area contributed by atoms with Crippen molar-refractivity contribution in [1.29, 1.82) is 0 Å². The molecule has 6 heteroatoms. The number of oxazole rings is 1. The highest BCUT2D eigenvalue weighted by Gasteiger charge is 2.53. The SMILES string of the molecule is CO[C@@]12CC[C@H](OCC3CC3)C[C@@H]1N(C(=O)c1oc(C)nc1C)CC2. The number of fused-ring (bicyclic) bond motifs is 1. The van der Waals surface area contributed by atoms with Crippen LogP contribution in [0, 0.1) is 19.8 Å². The number of hydrogen-bond donors (Lipinski definition) is 0. The van der Waals surface area contributed by atoms with Gasteiger partial charge in [-0.2, -0.15) is 0 Å². The van der Waals surface area contributed by atoms with Gasteiger partial charge in [0.25, 0.3) is 5.91 Å². The van der Waals surface area contributed by atoms with Crippen LogP contribution in [0.4, 0.5) is 0 Å². The fourth-order valence-electron chi connectivity index (χ4n) is 4.47. The molecule has 4 rings (SSSR count). The maximum Gasteiger partial charge on any atom is 0.291 e. The molecule has 0 spiro atoms. The number of aromatic nitrogens is 1. The molecule has 1 aromatic heterocycles. The third-order valence-electron chi connectivity index (χ3n) is 6.16. The van der Waals surface area contributed by atoms with E-state index in [-0.39, 0.29) is 23.7 Å². The van der Waals surface area contributed by atoms with Crippen LogP contribution in [0.15, 0.2) is 4.42 Å². The van der Waals surface area contributed by atoms with Crippen molar-refractivity contribution in [2.45, 2.75) is 70.1 Å². The topological polar surface area (TPSA) is 64.8 Å². The fraction of sp³-hybridized carbons (Fsp3) is 0.789. The zero-order chi connectivity index (χ0) is 17.6. The van der Waals surface area contributed by atoms with Crippen LogP contribution < -0.4 is 0 Å². The average Bonchev–Trinajstić information content (AvgIpc) is 3.27. The summed E-state index contributed by atoms with van der Waals surface area (Å²) in [6.07, 6.45) is 6.50. The van der Waals surface area contributed by atoms with Gasteiger partial charge in [0, 0.05) is 27.2 Å². The van der Waals surface area contributed by atoms with Crippen molar-refractivity contribution >= 4 is 5.91 Å². The van der Waals surface area contributed by atoms with E-state index in [1.165, 1.54) is 12.8 Å². The largest absolute Gasteiger partial charge is 0.436 e. The number of methoxy groups -OCH3 is 1. The summed E-state index contributed by atoms with van der Waals surface area (Å²) in [7, 11) is 1.77. The summed E-state index contributed by atoms with van der Waals surface area (Å²) in [5.41, 5.74) is 0.424. The highest BCUT2D eigenvalue weighted by atomic mass is 16.5.